The summed E-state index contributed by atoms with van der Waals surface area (Å²) >= 11 is 6.13. The van der Waals surface area contributed by atoms with Crippen LogP contribution in [0.3, 0.4) is 0 Å². The Hall–Kier alpha value is -4.08. The highest BCUT2D eigenvalue weighted by molar-refractivity contribution is 6.30. The molecule has 2 saturated heterocycles. The SMILES string of the molecule is COC(=O)c1ccc(N2CCN(Cc3ccccc3-c3ccc(Cl)cc3)CC2)cc1Oc1ccc(OCCN2CCOCC2)cc1. The van der Waals surface area contributed by atoms with Crippen molar-refractivity contribution in [1.29, 1.82) is 0 Å². The van der Waals surface area contributed by atoms with Crippen molar-refractivity contribution >= 4 is 23.3 Å². The second kappa shape index (κ2) is 15.5. The van der Waals surface area contributed by atoms with Gasteiger partial charge in [-0.2, -0.15) is 0 Å². The summed E-state index contributed by atoms with van der Waals surface area (Å²) in [6, 6.07) is 29.8. The summed E-state index contributed by atoms with van der Waals surface area (Å²) in [4.78, 5) is 19.8. The van der Waals surface area contributed by atoms with Gasteiger partial charge in [0.1, 0.15) is 29.4 Å². The first-order valence-electron chi connectivity index (χ1n) is 15.8. The Balaban J connectivity index is 1.08. The molecule has 4 aromatic carbocycles. The molecule has 0 amide bonds. The first-order chi connectivity index (χ1) is 22.6. The molecule has 0 aliphatic carbocycles. The van der Waals surface area contributed by atoms with Gasteiger partial charge in [0.2, 0.25) is 0 Å². The van der Waals surface area contributed by atoms with Crippen molar-refractivity contribution in [2.24, 2.45) is 0 Å². The van der Waals surface area contributed by atoms with Gasteiger partial charge in [-0.05, 0) is 65.2 Å². The number of rotatable bonds is 11. The van der Waals surface area contributed by atoms with Crippen molar-refractivity contribution in [3.8, 4) is 28.4 Å². The largest absolute Gasteiger partial charge is 0.492 e. The second-order valence-electron chi connectivity index (χ2n) is 11.5. The molecule has 0 N–H and O–H groups in total. The van der Waals surface area contributed by atoms with Crippen LogP contribution in [0.2, 0.25) is 5.02 Å². The van der Waals surface area contributed by atoms with Crippen LogP contribution in [0.5, 0.6) is 17.2 Å². The Labute approximate surface area is 276 Å². The molecule has 0 spiro atoms. The Morgan fingerprint density at radius 2 is 1.52 bits per heavy atom. The van der Waals surface area contributed by atoms with E-state index in [9.17, 15) is 4.79 Å². The topological polar surface area (TPSA) is 63.7 Å². The number of hydrogen-bond acceptors (Lipinski definition) is 8. The predicted molar refractivity (Wildman–Crippen MR) is 181 cm³/mol. The summed E-state index contributed by atoms with van der Waals surface area (Å²) in [7, 11) is 1.38. The lowest BCUT2D eigenvalue weighted by atomic mass is 9.99. The smallest absolute Gasteiger partial charge is 0.341 e. The van der Waals surface area contributed by atoms with Crippen LogP contribution in [0.1, 0.15) is 15.9 Å². The summed E-state index contributed by atoms with van der Waals surface area (Å²) in [5.74, 6) is 1.42. The number of nitrogens with zero attached hydrogens (tertiary/aromatic N) is 3. The Morgan fingerprint density at radius 3 is 2.26 bits per heavy atom. The van der Waals surface area contributed by atoms with E-state index in [0.29, 0.717) is 23.7 Å². The predicted octanol–water partition coefficient (Wildman–Crippen LogP) is 6.62. The number of carbonyl (C=O) groups is 1. The van der Waals surface area contributed by atoms with Gasteiger partial charge in [0.15, 0.2) is 0 Å². The summed E-state index contributed by atoms with van der Waals surface area (Å²) in [5.41, 5.74) is 5.09. The molecule has 0 bridgehead atoms. The quantitative estimate of drug-likeness (QED) is 0.169. The molecule has 2 fully saturated rings. The number of hydrogen-bond donors (Lipinski definition) is 0. The Kier molecular flexibility index (Phi) is 10.7. The van der Waals surface area contributed by atoms with E-state index in [1.165, 1.54) is 23.8 Å². The molecular weight excluding hydrogens is 602 g/mol. The fraction of sp³-hybridized carbons (Fsp3) is 0.324. The molecule has 0 radical (unpaired) electrons. The van der Waals surface area contributed by atoms with E-state index in [-0.39, 0.29) is 0 Å². The van der Waals surface area contributed by atoms with Crippen LogP contribution in [0, 0.1) is 0 Å². The van der Waals surface area contributed by atoms with Crippen molar-refractivity contribution in [3.05, 3.63) is 107 Å². The highest BCUT2D eigenvalue weighted by Gasteiger charge is 2.22. The van der Waals surface area contributed by atoms with Gasteiger partial charge in [-0.15, -0.1) is 0 Å². The zero-order chi connectivity index (χ0) is 31.7. The first kappa shape index (κ1) is 31.9. The molecule has 8 nitrogen and oxygen atoms in total. The Bertz CT molecular complexity index is 1580. The van der Waals surface area contributed by atoms with Gasteiger partial charge in [-0.25, -0.2) is 4.79 Å². The average molecular weight is 642 g/mol. The minimum Gasteiger partial charge on any atom is -0.492 e. The zero-order valence-electron chi connectivity index (χ0n) is 26.2. The molecule has 240 valence electrons. The molecule has 46 heavy (non-hydrogen) atoms. The summed E-state index contributed by atoms with van der Waals surface area (Å²) < 4.78 is 22.7. The fourth-order valence-corrected chi connectivity index (χ4v) is 6.02. The molecule has 0 unspecified atom stereocenters. The number of benzene rings is 4. The third kappa shape index (κ3) is 8.19. The maximum Gasteiger partial charge on any atom is 0.341 e. The monoisotopic (exact) mass is 641 g/mol. The molecule has 0 saturated carbocycles. The van der Waals surface area contributed by atoms with Gasteiger partial charge in [0.05, 0.1) is 20.3 Å². The lowest BCUT2D eigenvalue weighted by molar-refractivity contribution is 0.0322. The van der Waals surface area contributed by atoms with Crippen LogP contribution in [0.4, 0.5) is 5.69 Å². The number of anilines is 1. The average Bonchev–Trinajstić information content (AvgIpc) is 3.10. The van der Waals surface area contributed by atoms with Crippen molar-refractivity contribution < 1.29 is 23.7 Å². The lowest BCUT2D eigenvalue weighted by Crippen LogP contribution is -2.46. The summed E-state index contributed by atoms with van der Waals surface area (Å²) in [6.07, 6.45) is 0. The van der Waals surface area contributed by atoms with Gasteiger partial charge in [-0.1, -0.05) is 48.0 Å². The van der Waals surface area contributed by atoms with Crippen LogP contribution in [-0.4, -0.2) is 88.5 Å². The van der Waals surface area contributed by atoms with Gasteiger partial charge >= 0.3 is 5.97 Å². The van der Waals surface area contributed by atoms with E-state index in [1.807, 2.05) is 48.5 Å². The normalized spacial score (nSPS) is 15.8. The van der Waals surface area contributed by atoms with Crippen LogP contribution in [-0.2, 0) is 16.0 Å². The van der Waals surface area contributed by atoms with Gasteiger partial charge in [0.25, 0.3) is 0 Å². The standard InChI is InChI=1S/C37H40ClN3O5/c1-43-37(42)35-15-10-31(26-36(35)46-33-13-11-32(12-14-33)45-25-22-39-20-23-44-24-21-39)41-18-16-40(17-19-41)27-29-4-2-3-5-34(29)28-6-8-30(38)9-7-28/h2-15,26H,16-25,27H2,1H3. The fourth-order valence-electron chi connectivity index (χ4n) is 5.89. The molecule has 6 rings (SSSR count). The van der Waals surface area contributed by atoms with E-state index < -0.39 is 5.97 Å². The second-order valence-corrected chi connectivity index (χ2v) is 11.9. The molecule has 0 atom stereocenters. The number of ether oxygens (including phenoxy) is 4. The maximum atomic E-state index is 12.6. The summed E-state index contributed by atoms with van der Waals surface area (Å²) in [6.45, 7) is 9.31. The van der Waals surface area contributed by atoms with E-state index in [2.05, 4.69) is 51.1 Å². The van der Waals surface area contributed by atoms with Crippen LogP contribution in [0.15, 0.2) is 91.0 Å². The molecule has 9 heteroatoms. The van der Waals surface area contributed by atoms with Crippen molar-refractivity contribution in [2.75, 3.05) is 77.6 Å². The van der Waals surface area contributed by atoms with E-state index in [4.69, 9.17) is 30.5 Å². The zero-order valence-corrected chi connectivity index (χ0v) is 27.0. The molecule has 4 aromatic rings. The van der Waals surface area contributed by atoms with E-state index in [1.54, 1.807) is 6.07 Å². The molecule has 2 aliphatic heterocycles. The summed E-state index contributed by atoms with van der Waals surface area (Å²) in [5, 5.41) is 0.740. The van der Waals surface area contributed by atoms with Gasteiger partial charge in [0, 0.05) is 69.1 Å². The number of methoxy groups -OCH3 is 1. The molecule has 2 heterocycles. The van der Waals surface area contributed by atoms with Crippen molar-refractivity contribution in [3.63, 3.8) is 0 Å². The number of carbonyl (C=O) groups excluding carboxylic acids is 1. The van der Waals surface area contributed by atoms with Gasteiger partial charge < -0.3 is 23.8 Å². The number of piperazine rings is 1. The number of halogens is 1. The van der Waals surface area contributed by atoms with Crippen LogP contribution in [0.25, 0.3) is 11.1 Å². The number of esters is 1. The highest BCUT2D eigenvalue weighted by Crippen LogP contribution is 2.33. The highest BCUT2D eigenvalue weighted by atomic mass is 35.5. The first-order valence-corrected chi connectivity index (χ1v) is 16.2. The van der Waals surface area contributed by atoms with E-state index in [0.717, 1.165) is 82.0 Å². The van der Waals surface area contributed by atoms with Crippen molar-refractivity contribution in [1.82, 2.24) is 9.80 Å². The molecular formula is C37H40ClN3O5. The van der Waals surface area contributed by atoms with Crippen LogP contribution >= 0.6 is 11.6 Å². The van der Waals surface area contributed by atoms with E-state index >= 15 is 0 Å². The maximum absolute atomic E-state index is 12.6. The minimum absolute atomic E-state index is 0.384. The molecule has 2 aliphatic rings. The third-order valence-corrected chi connectivity index (χ3v) is 8.76. The lowest BCUT2D eigenvalue weighted by Gasteiger charge is -2.36. The van der Waals surface area contributed by atoms with Crippen LogP contribution < -0.4 is 14.4 Å². The van der Waals surface area contributed by atoms with Crippen molar-refractivity contribution in [2.45, 2.75) is 6.54 Å². The van der Waals surface area contributed by atoms with Gasteiger partial charge in [-0.3, -0.25) is 9.80 Å². The number of morpholine rings is 1. The Morgan fingerprint density at radius 1 is 0.804 bits per heavy atom. The minimum atomic E-state index is -0.436. The third-order valence-electron chi connectivity index (χ3n) is 8.51. The molecule has 0 aromatic heterocycles.